The van der Waals surface area contributed by atoms with Crippen molar-refractivity contribution >= 4 is 23.2 Å². The molecule has 1 aliphatic heterocycles. The van der Waals surface area contributed by atoms with Crippen LogP contribution < -0.4 is 15.0 Å². The zero-order valence-corrected chi connectivity index (χ0v) is 19.0. The maximum atomic E-state index is 12.3. The molecule has 0 spiro atoms. The molecule has 0 radical (unpaired) electrons. The van der Waals surface area contributed by atoms with Crippen molar-refractivity contribution in [1.29, 1.82) is 0 Å². The zero-order valence-electron chi connectivity index (χ0n) is 19.0. The summed E-state index contributed by atoms with van der Waals surface area (Å²) in [6.07, 6.45) is 0.613. The number of aryl methyl sites for hydroxylation is 1. The van der Waals surface area contributed by atoms with Crippen LogP contribution in [-0.2, 0) is 9.59 Å². The summed E-state index contributed by atoms with van der Waals surface area (Å²) in [6.45, 7) is 11.3. The van der Waals surface area contributed by atoms with E-state index in [2.05, 4.69) is 24.1 Å². The molecule has 0 atom stereocenters. The molecule has 0 aromatic heterocycles. The molecule has 2 amide bonds. The smallest absolute Gasteiger partial charge is 0.262 e. The zero-order chi connectivity index (χ0) is 22.4. The van der Waals surface area contributed by atoms with E-state index in [0.717, 1.165) is 54.4 Å². The molecule has 2 aromatic carbocycles. The third-order valence-electron chi connectivity index (χ3n) is 5.65. The van der Waals surface area contributed by atoms with Crippen LogP contribution in [0.2, 0.25) is 0 Å². The van der Waals surface area contributed by atoms with E-state index in [0.29, 0.717) is 12.3 Å². The molecule has 1 aliphatic rings. The Morgan fingerprint density at radius 3 is 2.32 bits per heavy atom. The van der Waals surface area contributed by atoms with Crippen molar-refractivity contribution in [1.82, 2.24) is 4.90 Å². The number of benzene rings is 2. The lowest BCUT2D eigenvalue weighted by atomic mass is 10.1. The Balaban J connectivity index is 1.47. The topological polar surface area (TPSA) is 61.9 Å². The van der Waals surface area contributed by atoms with Gasteiger partial charge in [0.25, 0.3) is 5.91 Å². The highest BCUT2D eigenvalue weighted by molar-refractivity contribution is 5.92. The molecule has 3 rings (SSSR count). The summed E-state index contributed by atoms with van der Waals surface area (Å²) in [6, 6.07) is 13.6. The number of nitrogens with one attached hydrogen (secondary N) is 1. The van der Waals surface area contributed by atoms with Crippen LogP contribution in [0.1, 0.15) is 31.4 Å². The molecule has 1 fully saturated rings. The van der Waals surface area contributed by atoms with Crippen LogP contribution in [0.3, 0.4) is 0 Å². The lowest BCUT2D eigenvalue weighted by Gasteiger charge is -2.36. The van der Waals surface area contributed by atoms with E-state index < -0.39 is 0 Å². The molecule has 6 heteroatoms. The fourth-order valence-electron chi connectivity index (χ4n) is 3.67. The number of ether oxygens (including phenoxy) is 1. The quantitative estimate of drug-likeness (QED) is 0.731. The first-order valence-electron chi connectivity index (χ1n) is 10.9. The lowest BCUT2D eigenvalue weighted by Crippen LogP contribution is -2.49. The van der Waals surface area contributed by atoms with E-state index in [-0.39, 0.29) is 18.4 Å². The second-order valence-corrected chi connectivity index (χ2v) is 8.55. The average molecular weight is 424 g/mol. The van der Waals surface area contributed by atoms with Gasteiger partial charge in [0.05, 0.1) is 0 Å². The van der Waals surface area contributed by atoms with Gasteiger partial charge in [-0.25, -0.2) is 0 Å². The van der Waals surface area contributed by atoms with Gasteiger partial charge in [-0.3, -0.25) is 9.59 Å². The van der Waals surface area contributed by atoms with E-state index in [9.17, 15) is 9.59 Å². The first kappa shape index (κ1) is 22.7. The Morgan fingerprint density at radius 2 is 1.68 bits per heavy atom. The number of rotatable bonds is 7. The third-order valence-corrected chi connectivity index (χ3v) is 5.65. The van der Waals surface area contributed by atoms with Crippen molar-refractivity contribution in [2.24, 2.45) is 5.92 Å². The van der Waals surface area contributed by atoms with Crippen LogP contribution >= 0.6 is 0 Å². The number of piperazine rings is 1. The minimum absolute atomic E-state index is 0.0294. The van der Waals surface area contributed by atoms with Crippen LogP contribution in [0.5, 0.6) is 5.75 Å². The number of anilines is 2. The van der Waals surface area contributed by atoms with Crippen molar-refractivity contribution < 1.29 is 14.3 Å². The average Bonchev–Trinajstić information content (AvgIpc) is 2.75. The van der Waals surface area contributed by atoms with Crippen LogP contribution in [0, 0.1) is 19.8 Å². The maximum Gasteiger partial charge on any atom is 0.262 e. The third kappa shape index (κ3) is 6.23. The Bertz CT molecular complexity index is 901. The van der Waals surface area contributed by atoms with Gasteiger partial charge in [-0.05, 0) is 61.2 Å². The highest BCUT2D eigenvalue weighted by Crippen LogP contribution is 2.22. The highest BCUT2D eigenvalue weighted by atomic mass is 16.5. The Kier molecular flexibility index (Phi) is 7.55. The van der Waals surface area contributed by atoms with Gasteiger partial charge in [-0.15, -0.1) is 0 Å². The molecule has 0 saturated carbocycles. The largest absolute Gasteiger partial charge is 0.483 e. The fraction of sp³-hybridized carbons (Fsp3) is 0.440. The maximum absolute atomic E-state index is 12.3. The van der Waals surface area contributed by atoms with Gasteiger partial charge >= 0.3 is 0 Å². The molecule has 0 unspecified atom stereocenters. The first-order chi connectivity index (χ1) is 14.8. The van der Waals surface area contributed by atoms with Gasteiger partial charge in [-0.1, -0.05) is 26.0 Å². The molecular formula is C25H33N3O3. The second-order valence-electron chi connectivity index (χ2n) is 8.55. The summed E-state index contributed by atoms with van der Waals surface area (Å²) in [5, 5.41) is 2.88. The first-order valence-corrected chi connectivity index (χ1v) is 10.9. The molecule has 166 valence electrons. The van der Waals surface area contributed by atoms with E-state index in [1.807, 2.05) is 61.2 Å². The Hall–Kier alpha value is -3.02. The number of carbonyl (C=O) groups is 2. The molecule has 0 aliphatic carbocycles. The number of amides is 2. The summed E-state index contributed by atoms with van der Waals surface area (Å²) >= 11 is 0. The number of carbonyl (C=O) groups excluding carboxylic acids is 2. The molecule has 0 bridgehead atoms. The van der Waals surface area contributed by atoms with E-state index in [1.165, 1.54) is 0 Å². The number of hydrogen-bond donors (Lipinski definition) is 1. The molecule has 1 heterocycles. The molecule has 1 N–H and O–H groups in total. The van der Waals surface area contributed by atoms with Crippen LogP contribution in [0.15, 0.2) is 42.5 Å². The Labute approximate surface area is 185 Å². The highest BCUT2D eigenvalue weighted by Gasteiger charge is 2.21. The van der Waals surface area contributed by atoms with Crippen molar-refractivity contribution in [3.8, 4) is 5.75 Å². The van der Waals surface area contributed by atoms with Crippen molar-refractivity contribution in [2.45, 2.75) is 34.1 Å². The van der Waals surface area contributed by atoms with Gasteiger partial charge < -0.3 is 19.9 Å². The summed E-state index contributed by atoms with van der Waals surface area (Å²) in [7, 11) is 0. The monoisotopic (exact) mass is 423 g/mol. The summed E-state index contributed by atoms with van der Waals surface area (Å²) < 4.78 is 5.67. The molecule has 6 nitrogen and oxygen atoms in total. The van der Waals surface area contributed by atoms with Gasteiger partial charge in [0.2, 0.25) is 5.91 Å². The predicted octanol–water partition coefficient (Wildman–Crippen LogP) is 4.02. The Morgan fingerprint density at radius 1 is 1.00 bits per heavy atom. The lowest BCUT2D eigenvalue weighted by molar-refractivity contribution is -0.132. The SMILES string of the molecule is Cc1cccc(OCC(=O)Nc2ccc(N3CCN(C(=O)CC(C)C)CC3)cc2)c1C. The number of nitrogens with zero attached hydrogens (tertiary/aromatic N) is 2. The summed E-state index contributed by atoms with van der Waals surface area (Å²) in [5.74, 6) is 1.18. The minimum atomic E-state index is -0.189. The van der Waals surface area contributed by atoms with Gasteiger partial charge in [0, 0.05) is 44.0 Å². The van der Waals surface area contributed by atoms with Crippen LogP contribution in [-0.4, -0.2) is 49.5 Å². The van der Waals surface area contributed by atoms with E-state index in [4.69, 9.17) is 4.74 Å². The van der Waals surface area contributed by atoms with Crippen molar-refractivity contribution in [3.63, 3.8) is 0 Å². The number of hydrogen-bond acceptors (Lipinski definition) is 4. The fourth-order valence-corrected chi connectivity index (χ4v) is 3.67. The van der Waals surface area contributed by atoms with Crippen molar-refractivity contribution in [3.05, 3.63) is 53.6 Å². The molecule has 31 heavy (non-hydrogen) atoms. The van der Waals surface area contributed by atoms with E-state index in [1.54, 1.807) is 0 Å². The van der Waals surface area contributed by atoms with E-state index >= 15 is 0 Å². The molecular weight excluding hydrogens is 390 g/mol. The summed E-state index contributed by atoms with van der Waals surface area (Å²) in [5.41, 5.74) is 4.02. The minimum Gasteiger partial charge on any atom is -0.483 e. The van der Waals surface area contributed by atoms with Gasteiger partial charge in [0.1, 0.15) is 5.75 Å². The predicted molar refractivity (Wildman–Crippen MR) is 125 cm³/mol. The standard InChI is InChI=1S/C25H33N3O3/c1-18(2)16-25(30)28-14-12-27(13-15-28)22-10-8-21(9-11-22)26-24(29)17-31-23-7-5-6-19(3)20(23)4/h5-11,18H,12-17H2,1-4H3,(H,26,29). The normalized spacial score (nSPS) is 14.0. The van der Waals surface area contributed by atoms with Crippen LogP contribution in [0.4, 0.5) is 11.4 Å². The summed E-state index contributed by atoms with van der Waals surface area (Å²) in [4.78, 5) is 28.7. The molecule has 1 saturated heterocycles. The van der Waals surface area contributed by atoms with Crippen LogP contribution in [0.25, 0.3) is 0 Å². The molecule has 2 aromatic rings. The second kappa shape index (κ2) is 10.3. The van der Waals surface area contributed by atoms with Gasteiger partial charge in [-0.2, -0.15) is 0 Å². The van der Waals surface area contributed by atoms with Gasteiger partial charge in [0.15, 0.2) is 6.61 Å². The van der Waals surface area contributed by atoms with Crippen molar-refractivity contribution in [2.75, 3.05) is 43.0 Å².